The minimum Gasteiger partial charge on any atom is -0.271 e. The van der Waals surface area contributed by atoms with Crippen molar-refractivity contribution in [3.63, 3.8) is 0 Å². The quantitative estimate of drug-likeness (QED) is 0.829. The van der Waals surface area contributed by atoms with E-state index in [2.05, 4.69) is 21.0 Å². The van der Waals surface area contributed by atoms with Crippen LogP contribution in [0.15, 0.2) is 33.6 Å². The molecule has 0 bridgehead atoms. The van der Waals surface area contributed by atoms with Gasteiger partial charge in [-0.2, -0.15) is 9.40 Å². The molecule has 0 fully saturated rings. The second-order valence-electron chi connectivity index (χ2n) is 5.01. The van der Waals surface area contributed by atoms with Gasteiger partial charge in [0.05, 0.1) is 11.4 Å². The molecule has 2 aromatic rings. The van der Waals surface area contributed by atoms with Gasteiger partial charge in [-0.05, 0) is 31.5 Å². The van der Waals surface area contributed by atoms with Gasteiger partial charge in [-0.25, -0.2) is 8.42 Å². The summed E-state index contributed by atoms with van der Waals surface area (Å²) < 4.78 is 29.4. The molecule has 1 aromatic carbocycles. The maximum absolute atomic E-state index is 12.7. The number of nitrogens with zero attached hydrogens (tertiary/aromatic N) is 3. The van der Waals surface area contributed by atoms with Crippen LogP contribution >= 0.6 is 15.9 Å². The molecule has 114 valence electrons. The van der Waals surface area contributed by atoms with Gasteiger partial charge in [0, 0.05) is 25.1 Å². The third-order valence-corrected chi connectivity index (χ3v) is 5.95. The fourth-order valence-electron chi connectivity index (χ4n) is 2.26. The lowest BCUT2D eigenvalue weighted by atomic mass is 10.2. The summed E-state index contributed by atoms with van der Waals surface area (Å²) in [6, 6.07) is 7.61. The summed E-state index contributed by atoms with van der Waals surface area (Å²) in [4.78, 5) is 0.294. The number of halogens is 1. The topological polar surface area (TPSA) is 55.2 Å². The van der Waals surface area contributed by atoms with E-state index in [4.69, 9.17) is 0 Å². The zero-order chi connectivity index (χ0) is 15.8. The number of aromatic nitrogens is 2. The van der Waals surface area contributed by atoms with Crippen LogP contribution in [0, 0.1) is 13.8 Å². The lowest BCUT2D eigenvalue weighted by molar-refractivity contribution is 0.465. The molecule has 0 radical (unpaired) electrons. The van der Waals surface area contributed by atoms with Crippen molar-refractivity contribution >= 4 is 26.0 Å². The highest BCUT2D eigenvalue weighted by molar-refractivity contribution is 9.10. The second kappa shape index (κ2) is 5.90. The maximum atomic E-state index is 12.7. The van der Waals surface area contributed by atoms with Crippen LogP contribution in [-0.4, -0.2) is 29.6 Å². The first-order chi connectivity index (χ1) is 9.73. The second-order valence-corrected chi connectivity index (χ2v) is 7.91. The Kier molecular flexibility index (Phi) is 4.55. The Morgan fingerprint density at radius 1 is 1.33 bits per heavy atom. The lowest BCUT2D eigenvalue weighted by Crippen LogP contribution is -2.27. The minimum atomic E-state index is -3.56. The first-order valence-corrected chi connectivity index (χ1v) is 8.67. The van der Waals surface area contributed by atoms with E-state index in [-0.39, 0.29) is 0 Å². The van der Waals surface area contributed by atoms with Gasteiger partial charge in [0.15, 0.2) is 0 Å². The Balaban J connectivity index is 2.35. The van der Waals surface area contributed by atoms with Crippen molar-refractivity contribution in [1.29, 1.82) is 0 Å². The minimum absolute atomic E-state index is 0.294. The van der Waals surface area contributed by atoms with E-state index in [9.17, 15) is 8.42 Å². The molecule has 7 heteroatoms. The molecule has 5 nitrogen and oxygen atoms in total. The SMILES string of the molecule is Cc1nn(C)c(C)c1S(=O)(=O)N(C)Cc1cccc(Br)c1. The maximum Gasteiger partial charge on any atom is 0.246 e. The zero-order valence-corrected chi connectivity index (χ0v) is 14.9. The van der Waals surface area contributed by atoms with Crippen LogP contribution in [0.2, 0.25) is 0 Å². The third kappa shape index (κ3) is 3.20. The molecule has 0 amide bonds. The largest absolute Gasteiger partial charge is 0.271 e. The molecular formula is C14H18BrN3O2S. The van der Waals surface area contributed by atoms with Crippen molar-refractivity contribution in [1.82, 2.24) is 14.1 Å². The van der Waals surface area contributed by atoms with Crippen molar-refractivity contribution in [2.45, 2.75) is 25.3 Å². The van der Waals surface area contributed by atoms with Gasteiger partial charge in [-0.1, -0.05) is 28.1 Å². The van der Waals surface area contributed by atoms with E-state index in [1.807, 2.05) is 24.3 Å². The number of rotatable bonds is 4. The molecule has 0 spiro atoms. The van der Waals surface area contributed by atoms with Crippen LogP contribution in [0.1, 0.15) is 17.0 Å². The van der Waals surface area contributed by atoms with Crippen molar-refractivity contribution in [3.8, 4) is 0 Å². The summed E-state index contributed by atoms with van der Waals surface area (Å²) in [5.41, 5.74) is 2.10. The van der Waals surface area contributed by atoms with E-state index in [0.29, 0.717) is 22.8 Å². The highest BCUT2D eigenvalue weighted by atomic mass is 79.9. The van der Waals surface area contributed by atoms with Gasteiger partial charge in [0.25, 0.3) is 0 Å². The Hall–Kier alpha value is -1.18. The Labute approximate surface area is 133 Å². The number of hydrogen-bond donors (Lipinski definition) is 0. The molecule has 21 heavy (non-hydrogen) atoms. The first kappa shape index (κ1) is 16.2. The van der Waals surface area contributed by atoms with Crippen LogP contribution in [0.25, 0.3) is 0 Å². The monoisotopic (exact) mass is 371 g/mol. The molecule has 1 heterocycles. The molecule has 1 aromatic heterocycles. The third-order valence-electron chi connectivity index (χ3n) is 3.41. The standard InChI is InChI=1S/C14H18BrN3O2S/c1-10-14(11(2)18(4)16-10)21(19,20)17(3)9-12-6-5-7-13(15)8-12/h5-8H,9H2,1-4H3. The lowest BCUT2D eigenvalue weighted by Gasteiger charge is -2.17. The van der Waals surface area contributed by atoms with E-state index in [1.165, 1.54) is 4.31 Å². The molecule has 0 aliphatic rings. The Morgan fingerprint density at radius 2 is 2.00 bits per heavy atom. The van der Waals surface area contributed by atoms with Crippen molar-refractivity contribution in [2.24, 2.45) is 7.05 Å². The van der Waals surface area contributed by atoms with Crippen LogP contribution in [0.4, 0.5) is 0 Å². The molecule has 0 saturated carbocycles. The summed E-state index contributed by atoms with van der Waals surface area (Å²) >= 11 is 3.39. The fourth-order valence-corrected chi connectivity index (χ4v) is 4.26. The molecule has 0 unspecified atom stereocenters. The van der Waals surface area contributed by atoms with Crippen molar-refractivity contribution < 1.29 is 8.42 Å². The highest BCUT2D eigenvalue weighted by Gasteiger charge is 2.28. The van der Waals surface area contributed by atoms with E-state index < -0.39 is 10.0 Å². The molecule has 0 aliphatic carbocycles. The van der Waals surface area contributed by atoms with Gasteiger partial charge < -0.3 is 0 Å². The highest BCUT2D eigenvalue weighted by Crippen LogP contribution is 2.23. The van der Waals surface area contributed by atoms with Gasteiger partial charge in [0.2, 0.25) is 10.0 Å². The predicted molar refractivity (Wildman–Crippen MR) is 85.5 cm³/mol. The van der Waals surface area contributed by atoms with E-state index >= 15 is 0 Å². The average molecular weight is 372 g/mol. The average Bonchev–Trinajstić information content (AvgIpc) is 2.63. The summed E-state index contributed by atoms with van der Waals surface area (Å²) in [7, 11) is -0.225. The van der Waals surface area contributed by atoms with Crippen molar-refractivity contribution in [2.75, 3.05) is 7.05 Å². The molecular weight excluding hydrogens is 354 g/mol. The summed E-state index contributed by atoms with van der Waals surface area (Å²) in [5, 5.41) is 4.18. The van der Waals surface area contributed by atoms with Gasteiger partial charge in [0.1, 0.15) is 4.90 Å². The van der Waals surface area contributed by atoms with Crippen LogP contribution in [0.5, 0.6) is 0 Å². The van der Waals surface area contributed by atoms with Gasteiger partial charge in [-0.3, -0.25) is 4.68 Å². The number of aryl methyl sites for hydroxylation is 2. The first-order valence-electron chi connectivity index (χ1n) is 6.44. The Bertz CT molecular complexity index is 769. The number of sulfonamides is 1. The molecule has 0 aliphatic heterocycles. The van der Waals surface area contributed by atoms with Gasteiger partial charge >= 0.3 is 0 Å². The van der Waals surface area contributed by atoms with E-state index in [1.54, 1.807) is 32.6 Å². The Morgan fingerprint density at radius 3 is 2.52 bits per heavy atom. The molecule has 0 saturated heterocycles. The molecule has 2 rings (SSSR count). The fraction of sp³-hybridized carbons (Fsp3) is 0.357. The number of hydrogen-bond acceptors (Lipinski definition) is 3. The van der Waals surface area contributed by atoms with Crippen LogP contribution in [0.3, 0.4) is 0 Å². The van der Waals surface area contributed by atoms with Gasteiger partial charge in [-0.15, -0.1) is 0 Å². The zero-order valence-electron chi connectivity index (χ0n) is 12.5. The smallest absolute Gasteiger partial charge is 0.246 e. The van der Waals surface area contributed by atoms with Crippen LogP contribution in [-0.2, 0) is 23.6 Å². The molecule has 0 atom stereocenters. The van der Waals surface area contributed by atoms with Crippen molar-refractivity contribution in [3.05, 3.63) is 45.7 Å². The summed E-state index contributed by atoms with van der Waals surface area (Å²) in [5.74, 6) is 0. The number of benzene rings is 1. The normalized spacial score (nSPS) is 12.1. The molecule has 0 N–H and O–H groups in total. The van der Waals surface area contributed by atoms with E-state index in [0.717, 1.165) is 10.0 Å². The predicted octanol–water partition coefficient (Wildman–Crippen LogP) is 2.62. The summed E-state index contributed by atoms with van der Waals surface area (Å²) in [6.45, 7) is 3.79. The summed E-state index contributed by atoms with van der Waals surface area (Å²) in [6.07, 6.45) is 0. The van der Waals surface area contributed by atoms with Crippen LogP contribution < -0.4 is 0 Å².